The van der Waals surface area contributed by atoms with Crippen LogP contribution in [-0.2, 0) is 9.53 Å². The van der Waals surface area contributed by atoms with Crippen LogP contribution in [0.5, 0.6) is 0 Å². The lowest BCUT2D eigenvalue weighted by molar-refractivity contribution is -0.150. The van der Waals surface area contributed by atoms with Gasteiger partial charge in [-0.2, -0.15) is 0 Å². The first-order chi connectivity index (χ1) is 7.16. The fraction of sp³-hybridized carbons (Fsp3) is 0.417. The topological polar surface area (TPSA) is 26.3 Å². The molecular weight excluding hydrogens is 212 g/mol. The summed E-state index contributed by atoms with van der Waals surface area (Å²) in [6.45, 7) is 2.62. The number of hydrogen-bond donors (Lipinski definition) is 0. The monoisotopic (exact) mass is 224 g/mol. The molecule has 1 saturated heterocycles. The van der Waals surface area contributed by atoms with E-state index in [0.29, 0.717) is 18.9 Å². The van der Waals surface area contributed by atoms with Crippen molar-refractivity contribution in [2.75, 3.05) is 6.61 Å². The summed E-state index contributed by atoms with van der Waals surface area (Å²) in [7, 11) is 0. The number of esters is 1. The molecule has 1 aromatic carbocycles. The Morgan fingerprint density at radius 3 is 2.67 bits per heavy atom. The maximum absolute atomic E-state index is 11.2. The molecule has 0 amide bonds. The van der Waals surface area contributed by atoms with Gasteiger partial charge in [-0.1, -0.05) is 30.7 Å². The maximum Gasteiger partial charge on any atom is 0.306 e. The van der Waals surface area contributed by atoms with Gasteiger partial charge in [0.25, 0.3) is 0 Å². The predicted octanol–water partition coefficient (Wildman–Crippen LogP) is 3.01. The Labute approximate surface area is 94.2 Å². The molecular formula is C12H13ClO2. The molecule has 0 N–H and O–H groups in total. The fourth-order valence-electron chi connectivity index (χ4n) is 1.94. The molecule has 1 aliphatic rings. The average Bonchev–Trinajstić information content (AvgIpc) is 2.23. The first kappa shape index (κ1) is 10.5. The van der Waals surface area contributed by atoms with Gasteiger partial charge in [-0.25, -0.2) is 0 Å². The molecule has 1 heterocycles. The highest BCUT2D eigenvalue weighted by molar-refractivity contribution is 6.30. The van der Waals surface area contributed by atoms with Crippen molar-refractivity contribution in [3.05, 3.63) is 34.9 Å². The second-order valence-corrected chi connectivity index (χ2v) is 4.46. The Bertz CT molecular complexity index is 358. The lowest BCUT2D eigenvalue weighted by Gasteiger charge is -2.28. The summed E-state index contributed by atoms with van der Waals surface area (Å²) < 4.78 is 5.00. The highest BCUT2D eigenvalue weighted by atomic mass is 35.5. The lowest BCUT2D eigenvalue weighted by atomic mass is 9.84. The number of ether oxygens (including phenoxy) is 1. The first-order valence-electron chi connectivity index (χ1n) is 5.08. The number of carbonyl (C=O) groups excluding carboxylic acids is 1. The molecule has 0 saturated carbocycles. The van der Waals surface area contributed by atoms with Crippen LogP contribution in [0.25, 0.3) is 0 Å². The van der Waals surface area contributed by atoms with Crippen molar-refractivity contribution in [2.24, 2.45) is 5.92 Å². The van der Waals surface area contributed by atoms with Crippen LogP contribution in [-0.4, -0.2) is 12.6 Å². The number of hydrogen-bond acceptors (Lipinski definition) is 2. The molecule has 15 heavy (non-hydrogen) atoms. The standard InChI is InChI=1S/C12H13ClO2/c1-8-7-15-12(14)6-11(8)9-2-4-10(13)5-3-9/h2-5,8,11H,6-7H2,1H3/t8-,11-/m0/s1. The Kier molecular flexibility index (Phi) is 2.96. The van der Waals surface area contributed by atoms with Crippen molar-refractivity contribution in [1.29, 1.82) is 0 Å². The van der Waals surface area contributed by atoms with Crippen molar-refractivity contribution in [3.8, 4) is 0 Å². The highest BCUT2D eigenvalue weighted by Gasteiger charge is 2.28. The highest BCUT2D eigenvalue weighted by Crippen LogP contribution is 2.32. The normalized spacial score (nSPS) is 26.1. The number of benzene rings is 1. The van der Waals surface area contributed by atoms with Crippen LogP contribution in [0.2, 0.25) is 5.02 Å². The molecule has 0 unspecified atom stereocenters. The number of cyclic esters (lactones) is 1. The maximum atomic E-state index is 11.2. The molecule has 1 aliphatic heterocycles. The predicted molar refractivity (Wildman–Crippen MR) is 58.9 cm³/mol. The largest absolute Gasteiger partial charge is 0.465 e. The first-order valence-corrected chi connectivity index (χ1v) is 5.45. The molecule has 2 atom stereocenters. The molecule has 3 heteroatoms. The van der Waals surface area contributed by atoms with Crippen LogP contribution in [0.4, 0.5) is 0 Å². The Morgan fingerprint density at radius 2 is 2.00 bits per heavy atom. The van der Waals surface area contributed by atoms with Crippen LogP contribution in [0.1, 0.15) is 24.8 Å². The Morgan fingerprint density at radius 1 is 1.33 bits per heavy atom. The van der Waals surface area contributed by atoms with Gasteiger partial charge in [-0.15, -0.1) is 0 Å². The van der Waals surface area contributed by atoms with E-state index in [1.165, 1.54) is 5.56 Å². The summed E-state index contributed by atoms with van der Waals surface area (Å²) in [5, 5.41) is 0.727. The third kappa shape index (κ3) is 2.32. The van der Waals surface area contributed by atoms with E-state index >= 15 is 0 Å². The molecule has 1 fully saturated rings. The molecule has 0 radical (unpaired) electrons. The van der Waals surface area contributed by atoms with Gasteiger partial charge in [0.2, 0.25) is 0 Å². The van der Waals surface area contributed by atoms with Crippen LogP contribution < -0.4 is 0 Å². The van der Waals surface area contributed by atoms with Gasteiger partial charge in [-0.05, 0) is 23.6 Å². The Hall–Kier alpha value is -1.02. The van der Waals surface area contributed by atoms with E-state index in [0.717, 1.165) is 5.02 Å². The van der Waals surface area contributed by atoms with Gasteiger partial charge in [0.1, 0.15) is 0 Å². The van der Waals surface area contributed by atoms with Crippen molar-refractivity contribution >= 4 is 17.6 Å². The summed E-state index contributed by atoms with van der Waals surface area (Å²) in [4.78, 5) is 11.2. The third-order valence-electron chi connectivity index (χ3n) is 2.88. The minimum absolute atomic E-state index is 0.104. The van der Waals surface area contributed by atoms with Crippen molar-refractivity contribution in [3.63, 3.8) is 0 Å². The van der Waals surface area contributed by atoms with Crippen molar-refractivity contribution in [1.82, 2.24) is 0 Å². The molecule has 0 aliphatic carbocycles. The fourth-order valence-corrected chi connectivity index (χ4v) is 2.06. The van der Waals surface area contributed by atoms with Gasteiger partial charge in [-0.3, -0.25) is 4.79 Å². The van der Waals surface area contributed by atoms with E-state index < -0.39 is 0 Å². The van der Waals surface area contributed by atoms with Crippen molar-refractivity contribution < 1.29 is 9.53 Å². The summed E-state index contributed by atoms with van der Waals surface area (Å²) in [6, 6.07) is 7.71. The zero-order chi connectivity index (χ0) is 10.8. The molecule has 2 nitrogen and oxygen atoms in total. The van der Waals surface area contributed by atoms with Crippen LogP contribution in [0.15, 0.2) is 24.3 Å². The summed E-state index contributed by atoms with van der Waals surface area (Å²) >= 11 is 5.82. The quantitative estimate of drug-likeness (QED) is 0.686. The van der Waals surface area contributed by atoms with Gasteiger partial charge >= 0.3 is 5.97 Å². The average molecular weight is 225 g/mol. The van der Waals surface area contributed by atoms with Crippen LogP contribution in [0, 0.1) is 5.92 Å². The minimum atomic E-state index is -0.104. The van der Waals surface area contributed by atoms with Gasteiger partial charge in [0.15, 0.2) is 0 Å². The van der Waals surface area contributed by atoms with E-state index in [1.807, 2.05) is 24.3 Å². The third-order valence-corrected chi connectivity index (χ3v) is 3.13. The molecule has 80 valence electrons. The van der Waals surface area contributed by atoms with E-state index in [1.54, 1.807) is 0 Å². The number of rotatable bonds is 1. The number of carbonyl (C=O) groups is 1. The van der Waals surface area contributed by atoms with E-state index in [9.17, 15) is 4.79 Å². The molecule has 1 aromatic rings. The lowest BCUT2D eigenvalue weighted by Crippen LogP contribution is -2.27. The van der Waals surface area contributed by atoms with Gasteiger partial charge in [0.05, 0.1) is 13.0 Å². The summed E-state index contributed by atoms with van der Waals surface area (Å²) in [5.74, 6) is 0.542. The molecule has 0 spiro atoms. The molecule has 2 rings (SSSR count). The zero-order valence-corrected chi connectivity index (χ0v) is 9.33. The van der Waals surface area contributed by atoms with Gasteiger partial charge < -0.3 is 4.74 Å². The molecule has 0 aromatic heterocycles. The number of halogens is 1. The second-order valence-electron chi connectivity index (χ2n) is 4.02. The second kappa shape index (κ2) is 4.23. The van der Waals surface area contributed by atoms with Crippen molar-refractivity contribution in [2.45, 2.75) is 19.3 Å². The van der Waals surface area contributed by atoms with Gasteiger partial charge in [0, 0.05) is 10.9 Å². The minimum Gasteiger partial charge on any atom is -0.465 e. The summed E-state index contributed by atoms with van der Waals surface area (Å²) in [5.41, 5.74) is 1.17. The van der Waals surface area contributed by atoms with E-state index in [-0.39, 0.29) is 11.9 Å². The van der Waals surface area contributed by atoms with Crippen LogP contribution in [0.3, 0.4) is 0 Å². The SMILES string of the molecule is C[C@H]1COC(=O)C[C@@H]1c1ccc(Cl)cc1. The van der Waals surface area contributed by atoms with E-state index in [2.05, 4.69) is 6.92 Å². The van der Waals surface area contributed by atoms with E-state index in [4.69, 9.17) is 16.3 Å². The Balaban J connectivity index is 2.21. The van der Waals surface area contributed by atoms with Crippen LogP contribution >= 0.6 is 11.6 Å². The smallest absolute Gasteiger partial charge is 0.306 e. The summed E-state index contributed by atoms with van der Waals surface area (Å²) in [6.07, 6.45) is 0.475. The molecule has 0 bridgehead atoms. The zero-order valence-electron chi connectivity index (χ0n) is 8.57.